The predicted octanol–water partition coefficient (Wildman–Crippen LogP) is 1.99. The molecule has 1 aromatic carbocycles. The van der Waals surface area contributed by atoms with Gasteiger partial charge in [-0.25, -0.2) is 4.21 Å². The highest BCUT2D eigenvalue weighted by atomic mass is 32.2. The molecule has 0 saturated carbocycles. The van der Waals surface area contributed by atoms with E-state index in [4.69, 9.17) is 9.29 Å². The molecule has 1 N–H and O–H groups in total. The molecule has 0 saturated heterocycles. The highest BCUT2D eigenvalue weighted by Crippen LogP contribution is 2.22. The standard InChI is InChI=1S/C10H14O3S/c1-13-8-7-10(14(11)12)9-5-3-2-4-6-9/h2-6,10H,7-8H2,1H3,(H,11,12). The summed E-state index contributed by atoms with van der Waals surface area (Å²) in [4.78, 5) is 0. The van der Waals surface area contributed by atoms with Gasteiger partial charge in [-0.3, -0.25) is 0 Å². The average Bonchev–Trinajstić information content (AvgIpc) is 2.19. The van der Waals surface area contributed by atoms with Gasteiger partial charge in [-0.15, -0.1) is 0 Å². The van der Waals surface area contributed by atoms with Gasteiger partial charge >= 0.3 is 0 Å². The van der Waals surface area contributed by atoms with Gasteiger partial charge in [0.05, 0.1) is 5.25 Å². The van der Waals surface area contributed by atoms with E-state index < -0.39 is 11.1 Å². The van der Waals surface area contributed by atoms with Crippen LogP contribution in [0.15, 0.2) is 30.3 Å². The monoisotopic (exact) mass is 214 g/mol. The number of ether oxygens (including phenoxy) is 1. The third kappa shape index (κ3) is 3.21. The van der Waals surface area contributed by atoms with Crippen LogP contribution in [0, 0.1) is 0 Å². The minimum Gasteiger partial charge on any atom is -0.385 e. The summed E-state index contributed by atoms with van der Waals surface area (Å²) < 4.78 is 25.1. The molecule has 0 bridgehead atoms. The summed E-state index contributed by atoms with van der Waals surface area (Å²) in [6.07, 6.45) is 0.559. The first-order valence-electron chi connectivity index (χ1n) is 4.39. The van der Waals surface area contributed by atoms with Crippen molar-refractivity contribution in [3.8, 4) is 0 Å². The summed E-state index contributed by atoms with van der Waals surface area (Å²) in [5.41, 5.74) is 0.880. The molecule has 78 valence electrons. The molecule has 0 spiro atoms. The first-order valence-corrected chi connectivity index (χ1v) is 5.56. The molecule has 0 aliphatic rings. The van der Waals surface area contributed by atoms with Gasteiger partial charge in [0.2, 0.25) is 0 Å². The summed E-state index contributed by atoms with van der Waals surface area (Å²) in [7, 11) is 1.59. The van der Waals surface area contributed by atoms with Gasteiger partial charge in [-0.05, 0) is 12.0 Å². The minimum atomic E-state index is -1.84. The van der Waals surface area contributed by atoms with Crippen molar-refractivity contribution in [1.29, 1.82) is 0 Å². The van der Waals surface area contributed by atoms with Gasteiger partial charge in [0.1, 0.15) is 0 Å². The first-order chi connectivity index (χ1) is 6.75. The van der Waals surface area contributed by atoms with Crippen molar-refractivity contribution >= 4 is 11.1 Å². The molecule has 0 radical (unpaired) electrons. The fraction of sp³-hybridized carbons (Fsp3) is 0.400. The number of methoxy groups -OCH3 is 1. The van der Waals surface area contributed by atoms with Crippen LogP contribution < -0.4 is 0 Å². The summed E-state index contributed by atoms with van der Waals surface area (Å²) in [6.45, 7) is 0.492. The van der Waals surface area contributed by atoms with Crippen LogP contribution in [0.2, 0.25) is 0 Å². The van der Waals surface area contributed by atoms with Crippen molar-refractivity contribution < 1.29 is 13.5 Å². The zero-order chi connectivity index (χ0) is 10.4. The van der Waals surface area contributed by atoms with Gasteiger partial charge in [0.15, 0.2) is 11.1 Å². The van der Waals surface area contributed by atoms with Gasteiger partial charge < -0.3 is 9.29 Å². The van der Waals surface area contributed by atoms with Crippen LogP contribution >= 0.6 is 0 Å². The maximum absolute atomic E-state index is 11.1. The maximum atomic E-state index is 11.1. The molecule has 14 heavy (non-hydrogen) atoms. The smallest absolute Gasteiger partial charge is 0.160 e. The fourth-order valence-corrected chi connectivity index (χ4v) is 1.96. The van der Waals surface area contributed by atoms with Crippen LogP contribution in [0.1, 0.15) is 17.2 Å². The lowest BCUT2D eigenvalue weighted by atomic mass is 10.1. The second-order valence-corrected chi connectivity index (χ2v) is 4.08. The van der Waals surface area contributed by atoms with Crippen LogP contribution in [-0.2, 0) is 15.8 Å². The van der Waals surface area contributed by atoms with E-state index in [0.717, 1.165) is 5.56 Å². The third-order valence-corrected chi connectivity index (χ3v) is 2.99. The molecule has 0 heterocycles. The SMILES string of the molecule is COCCC(c1ccccc1)S(=O)O. The van der Waals surface area contributed by atoms with E-state index in [2.05, 4.69) is 0 Å². The summed E-state index contributed by atoms with van der Waals surface area (Å²) in [5, 5.41) is -0.351. The maximum Gasteiger partial charge on any atom is 0.160 e. The van der Waals surface area contributed by atoms with Crippen LogP contribution in [0.3, 0.4) is 0 Å². The van der Waals surface area contributed by atoms with E-state index >= 15 is 0 Å². The molecule has 4 heteroatoms. The Balaban J connectivity index is 2.73. The molecule has 0 fully saturated rings. The van der Waals surface area contributed by atoms with Crippen molar-refractivity contribution in [1.82, 2.24) is 0 Å². The first kappa shape index (κ1) is 11.4. The molecule has 0 aromatic heterocycles. The molecule has 2 atom stereocenters. The molecular weight excluding hydrogens is 200 g/mol. The normalized spacial score (nSPS) is 15.0. The van der Waals surface area contributed by atoms with Crippen LogP contribution in [0.25, 0.3) is 0 Å². The Morgan fingerprint density at radius 1 is 1.43 bits per heavy atom. The number of hydrogen-bond acceptors (Lipinski definition) is 2. The van der Waals surface area contributed by atoms with Gasteiger partial charge in [0.25, 0.3) is 0 Å². The molecule has 0 aliphatic heterocycles. The van der Waals surface area contributed by atoms with E-state index in [0.29, 0.717) is 13.0 Å². The van der Waals surface area contributed by atoms with Gasteiger partial charge in [-0.2, -0.15) is 0 Å². The average molecular weight is 214 g/mol. The zero-order valence-electron chi connectivity index (χ0n) is 8.05. The van der Waals surface area contributed by atoms with E-state index in [1.165, 1.54) is 0 Å². The number of benzene rings is 1. The Hall–Kier alpha value is -0.710. The third-order valence-electron chi connectivity index (χ3n) is 2.00. The lowest BCUT2D eigenvalue weighted by Gasteiger charge is -2.12. The number of hydrogen-bond donors (Lipinski definition) is 1. The van der Waals surface area contributed by atoms with Gasteiger partial charge in [-0.1, -0.05) is 30.3 Å². The summed E-state index contributed by atoms with van der Waals surface area (Å²) >= 11 is -1.84. The molecule has 1 rings (SSSR count). The van der Waals surface area contributed by atoms with Crippen molar-refractivity contribution in [2.45, 2.75) is 11.7 Å². The number of rotatable bonds is 5. The largest absolute Gasteiger partial charge is 0.385 e. The lowest BCUT2D eigenvalue weighted by molar-refractivity contribution is 0.193. The second-order valence-electron chi connectivity index (χ2n) is 2.96. The molecular formula is C10H14O3S. The summed E-state index contributed by atoms with van der Waals surface area (Å²) in [5.74, 6) is 0. The van der Waals surface area contributed by atoms with Crippen molar-refractivity contribution in [3.05, 3.63) is 35.9 Å². The molecule has 1 aromatic rings. The van der Waals surface area contributed by atoms with E-state index in [-0.39, 0.29) is 5.25 Å². The van der Waals surface area contributed by atoms with Crippen LogP contribution in [-0.4, -0.2) is 22.5 Å². The Bertz CT molecular complexity index is 287. The molecule has 3 nitrogen and oxygen atoms in total. The molecule has 2 unspecified atom stereocenters. The Kier molecular flexibility index (Phi) is 4.79. The van der Waals surface area contributed by atoms with Crippen molar-refractivity contribution in [2.24, 2.45) is 0 Å². The lowest BCUT2D eigenvalue weighted by Crippen LogP contribution is -2.08. The fourth-order valence-electron chi connectivity index (χ4n) is 1.28. The second kappa shape index (κ2) is 5.90. The van der Waals surface area contributed by atoms with E-state index in [1.54, 1.807) is 7.11 Å². The van der Waals surface area contributed by atoms with Crippen molar-refractivity contribution in [2.75, 3.05) is 13.7 Å². The van der Waals surface area contributed by atoms with Crippen molar-refractivity contribution in [3.63, 3.8) is 0 Å². The predicted molar refractivity (Wildman–Crippen MR) is 56.4 cm³/mol. The highest BCUT2D eigenvalue weighted by Gasteiger charge is 2.16. The minimum absolute atomic E-state index is 0.351. The molecule has 0 aliphatic carbocycles. The van der Waals surface area contributed by atoms with E-state index in [1.807, 2.05) is 30.3 Å². The summed E-state index contributed by atoms with van der Waals surface area (Å²) in [6, 6.07) is 9.32. The van der Waals surface area contributed by atoms with Gasteiger partial charge in [0, 0.05) is 13.7 Å². The molecule has 0 amide bonds. The topological polar surface area (TPSA) is 46.5 Å². The van der Waals surface area contributed by atoms with Crippen LogP contribution in [0.4, 0.5) is 0 Å². The Labute approximate surface area is 86.4 Å². The van der Waals surface area contributed by atoms with Crippen LogP contribution in [0.5, 0.6) is 0 Å². The Morgan fingerprint density at radius 2 is 2.07 bits per heavy atom. The van der Waals surface area contributed by atoms with E-state index in [9.17, 15) is 4.21 Å². The zero-order valence-corrected chi connectivity index (χ0v) is 8.87. The highest BCUT2D eigenvalue weighted by molar-refractivity contribution is 7.79. The Morgan fingerprint density at radius 3 is 2.57 bits per heavy atom. The quantitative estimate of drug-likeness (QED) is 0.762.